The van der Waals surface area contributed by atoms with Gasteiger partial charge < -0.3 is 5.11 Å². The molecule has 2 heterocycles. The third-order valence-electron chi connectivity index (χ3n) is 3.19. The molecule has 0 amide bonds. The van der Waals surface area contributed by atoms with E-state index in [9.17, 15) is 0 Å². The van der Waals surface area contributed by atoms with Crippen LogP contribution in [0.2, 0.25) is 0 Å². The van der Waals surface area contributed by atoms with Crippen LogP contribution in [0.25, 0.3) is 0 Å². The van der Waals surface area contributed by atoms with Crippen LogP contribution < -0.4 is 0 Å². The lowest BCUT2D eigenvalue weighted by Crippen LogP contribution is -2.30. The molecule has 0 saturated heterocycles. The zero-order valence-electron chi connectivity index (χ0n) is 11.8. The molecule has 0 spiro atoms. The lowest BCUT2D eigenvalue weighted by atomic mass is 10.2. The molecule has 0 fully saturated rings. The number of hydrogen-bond acceptors (Lipinski definition) is 4. The average Bonchev–Trinajstić information content (AvgIpc) is 3.12. The van der Waals surface area contributed by atoms with E-state index in [4.69, 9.17) is 5.11 Å². The lowest BCUT2D eigenvalue weighted by Gasteiger charge is -2.22. The van der Waals surface area contributed by atoms with Gasteiger partial charge in [-0.25, -0.2) is 0 Å². The molecule has 0 aliphatic heterocycles. The van der Waals surface area contributed by atoms with Gasteiger partial charge in [-0.1, -0.05) is 12.8 Å². The summed E-state index contributed by atoms with van der Waals surface area (Å²) in [5, 5.41) is 17.3. The summed E-state index contributed by atoms with van der Waals surface area (Å²) < 4.78 is 3.86. The number of nitrogens with zero attached hydrogens (tertiary/aromatic N) is 5. The topological polar surface area (TPSA) is 59.1 Å². The summed E-state index contributed by atoms with van der Waals surface area (Å²) in [6.45, 7) is 2.84. The van der Waals surface area contributed by atoms with Crippen LogP contribution in [0.3, 0.4) is 0 Å². The summed E-state index contributed by atoms with van der Waals surface area (Å²) in [6.07, 6.45) is 11.8. The van der Waals surface area contributed by atoms with Crippen molar-refractivity contribution in [3.63, 3.8) is 0 Å². The Bertz CT molecular complexity index is 404. The Morgan fingerprint density at radius 3 is 1.95 bits per heavy atom. The van der Waals surface area contributed by atoms with Gasteiger partial charge in [-0.05, 0) is 25.0 Å². The smallest absolute Gasteiger partial charge is 0.0943 e. The SMILES string of the molecule is OCCCCCCN(Cn1cccn1)Cn1cccn1. The molecular formula is C14H23N5O. The monoisotopic (exact) mass is 277 g/mol. The molecule has 2 rings (SSSR count). The normalized spacial score (nSPS) is 11.3. The summed E-state index contributed by atoms with van der Waals surface area (Å²) in [4.78, 5) is 2.32. The maximum atomic E-state index is 8.78. The quantitative estimate of drug-likeness (QED) is 0.669. The van der Waals surface area contributed by atoms with Gasteiger partial charge in [-0.15, -0.1) is 0 Å². The van der Waals surface area contributed by atoms with Crippen molar-refractivity contribution >= 4 is 0 Å². The first-order chi connectivity index (χ1) is 9.88. The van der Waals surface area contributed by atoms with E-state index in [1.165, 1.54) is 0 Å². The molecule has 110 valence electrons. The molecule has 2 aromatic heterocycles. The van der Waals surface area contributed by atoms with Gasteiger partial charge >= 0.3 is 0 Å². The van der Waals surface area contributed by atoms with Crippen molar-refractivity contribution in [2.45, 2.75) is 39.0 Å². The Hall–Kier alpha value is -1.66. The van der Waals surface area contributed by atoms with Crippen molar-refractivity contribution in [2.24, 2.45) is 0 Å². The fourth-order valence-corrected chi connectivity index (χ4v) is 2.16. The van der Waals surface area contributed by atoms with Crippen molar-refractivity contribution in [2.75, 3.05) is 13.2 Å². The maximum Gasteiger partial charge on any atom is 0.0943 e. The minimum Gasteiger partial charge on any atom is -0.396 e. The van der Waals surface area contributed by atoms with Gasteiger partial charge in [0.25, 0.3) is 0 Å². The van der Waals surface area contributed by atoms with Gasteiger partial charge in [0.05, 0.1) is 13.3 Å². The first-order valence-corrected chi connectivity index (χ1v) is 7.16. The Balaban J connectivity index is 1.80. The molecule has 6 heteroatoms. The van der Waals surface area contributed by atoms with E-state index in [1.807, 2.05) is 33.9 Å². The molecule has 6 nitrogen and oxygen atoms in total. The van der Waals surface area contributed by atoms with Crippen molar-refractivity contribution in [3.8, 4) is 0 Å². The first-order valence-electron chi connectivity index (χ1n) is 7.16. The summed E-state index contributed by atoms with van der Waals surface area (Å²) in [5.41, 5.74) is 0. The Morgan fingerprint density at radius 1 is 0.850 bits per heavy atom. The fourth-order valence-electron chi connectivity index (χ4n) is 2.16. The Morgan fingerprint density at radius 2 is 1.45 bits per heavy atom. The highest BCUT2D eigenvalue weighted by atomic mass is 16.2. The van der Waals surface area contributed by atoms with Gasteiger partial charge in [0.15, 0.2) is 0 Å². The molecule has 0 bridgehead atoms. The predicted octanol–water partition coefficient (Wildman–Crippen LogP) is 1.55. The largest absolute Gasteiger partial charge is 0.396 e. The van der Waals surface area contributed by atoms with Crippen LogP contribution in [-0.4, -0.2) is 42.7 Å². The summed E-state index contributed by atoms with van der Waals surface area (Å²) in [5.74, 6) is 0. The van der Waals surface area contributed by atoms with E-state index in [0.29, 0.717) is 6.61 Å². The minimum atomic E-state index is 0.296. The molecular weight excluding hydrogens is 254 g/mol. The second-order valence-corrected chi connectivity index (χ2v) is 4.91. The minimum absolute atomic E-state index is 0.296. The van der Waals surface area contributed by atoms with E-state index >= 15 is 0 Å². The second-order valence-electron chi connectivity index (χ2n) is 4.91. The van der Waals surface area contributed by atoms with Crippen LogP contribution in [-0.2, 0) is 13.3 Å². The predicted molar refractivity (Wildman–Crippen MR) is 76.7 cm³/mol. The third-order valence-corrected chi connectivity index (χ3v) is 3.19. The highest BCUT2D eigenvalue weighted by Crippen LogP contribution is 2.04. The molecule has 0 aliphatic carbocycles. The molecule has 0 radical (unpaired) electrons. The second kappa shape index (κ2) is 8.50. The third kappa shape index (κ3) is 5.14. The van der Waals surface area contributed by atoms with Gasteiger partial charge in [0.2, 0.25) is 0 Å². The Kier molecular flexibility index (Phi) is 6.26. The van der Waals surface area contributed by atoms with E-state index in [2.05, 4.69) is 15.1 Å². The van der Waals surface area contributed by atoms with E-state index < -0.39 is 0 Å². The summed E-state index contributed by atoms with van der Waals surface area (Å²) in [6, 6.07) is 3.88. The van der Waals surface area contributed by atoms with Crippen LogP contribution >= 0.6 is 0 Å². The fraction of sp³-hybridized carbons (Fsp3) is 0.571. The van der Waals surface area contributed by atoms with Crippen molar-refractivity contribution in [1.29, 1.82) is 0 Å². The zero-order chi connectivity index (χ0) is 14.0. The zero-order valence-corrected chi connectivity index (χ0v) is 11.8. The van der Waals surface area contributed by atoms with Crippen LogP contribution in [0, 0.1) is 0 Å². The average molecular weight is 277 g/mol. The van der Waals surface area contributed by atoms with Crippen molar-refractivity contribution < 1.29 is 5.11 Å². The first kappa shape index (κ1) is 14.7. The van der Waals surface area contributed by atoms with Crippen LogP contribution in [0.5, 0.6) is 0 Å². The van der Waals surface area contributed by atoms with Gasteiger partial charge in [-0.2, -0.15) is 10.2 Å². The highest BCUT2D eigenvalue weighted by molar-refractivity contribution is 4.79. The number of aromatic nitrogens is 4. The molecule has 0 aromatic carbocycles. The molecule has 0 aliphatic rings. The maximum absolute atomic E-state index is 8.78. The number of aliphatic hydroxyl groups is 1. The lowest BCUT2D eigenvalue weighted by molar-refractivity contribution is 0.149. The molecule has 2 aromatic rings. The summed E-state index contributed by atoms with van der Waals surface area (Å²) >= 11 is 0. The Labute approximate surface area is 119 Å². The van der Waals surface area contributed by atoms with Gasteiger partial charge in [-0.3, -0.25) is 14.3 Å². The molecule has 0 atom stereocenters. The van der Waals surface area contributed by atoms with Gasteiger partial charge in [0.1, 0.15) is 0 Å². The molecule has 20 heavy (non-hydrogen) atoms. The van der Waals surface area contributed by atoms with Crippen LogP contribution in [0.15, 0.2) is 36.9 Å². The number of rotatable bonds is 10. The molecule has 0 unspecified atom stereocenters. The van der Waals surface area contributed by atoms with E-state index in [-0.39, 0.29) is 0 Å². The van der Waals surface area contributed by atoms with Crippen molar-refractivity contribution in [1.82, 2.24) is 24.5 Å². The molecule has 0 saturated carbocycles. The van der Waals surface area contributed by atoms with Crippen LogP contribution in [0.1, 0.15) is 25.7 Å². The van der Waals surface area contributed by atoms with Crippen LogP contribution in [0.4, 0.5) is 0 Å². The van der Waals surface area contributed by atoms with Gasteiger partial charge in [0, 0.05) is 37.9 Å². The van der Waals surface area contributed by atoms with E-state index in [1.54, 1.807) is 12.4 Å². The highest BCUT2D eigenvalue weighted by Gasteiger charge is 2.06. The van der Waals surface area contributed by atoms with E-state index in [0.717, 1.165) is 45.6 Å². The number of aliphatic hydroxyl groups excluding tert-OH is 1. The van der Waals surface area contributed by atoms with Crippen molar-refractivity contribution in [3.05, 3.63) is 36.9 Å². The number of hydrogen-bond donors (Lipinski definition) is 1. The summed E-state index contributed by atoms with van der Waals surface area (Å²) in [7, 11) is 0. The standard InChI is InChI=1S/C14H23N5O/c20-12-4-2-1-3-9-17(13-18-10-5-7-15-18)14-19-11-6-8-16-19/h5-8,10-11,20H,1-4,9,12-14H2. The number of unbranched alkanes of at least 4 members (excludes halogenated alkanes) is 3. The molecule has 1 N–H and O–H groups in total.